The van der Waals surface area contributed by atoms with E-state index in [1.807, 2.05) is 0 Å². The Morgan fingerprint density at radius 2 is 0.903 bits per heavy atom. The first-order valence-corrected chi connectivity index (χ1v) is 6.63. The van der Waals surface area contributed by atoms with Crippen molar-refractivity contribution >= 4 is 122 Å². The Hall–Kier alpha value is 0.772. The maximum absolute atomic E-state index is 10.3. The molecule has 0 atom stereocenters. The van der Waals surface area contributed by atoms with E-state index in [-0.39, 0.29) is 119 Å². The molecule has 6 N–H and O–H groups in total. The molecule has 0 aliphatic heterocycles. The second kappa shape index (κ2) is 30.8. The summed E-state index contributed by atoms with van der Waals surface area (Å²) in [5, 5.41) is 64.4. The van der Waals surface area contributed by atoms with Gasteiger partial charge in [0, 0.05) is 0 Å². The molecule has 0 fully saturated rings. The zero-order chi connectivity index (χ0) is 22.3. The molecule has 162 valence electrons. The SMILES string of the molecule is O=C(O)CC(O)(CC(=O)O)C(=O)O.O=C(O)O.O=C([O-])[O-].O=P([O-])([O-])[O-].[Ca+2].[Mg+2].[Mg+2].[Na+].[O-2]. The van der Waals surface area contributed by atoms with E-state index in [1.165, 1.54) is 0 Å². The number of hydrogen-bond donors (Lipinski definition) is 6. The quantitative estimate of drug-likeness (QED) is 0.140. The van der Waals surface area contributed by atoms with Crippen molar-refractivity contribution in [1.82, 2.24) is 0 Å². The number of carboxylic acids is 3. The van der Waals surface area contributed by atoms with E-state index in [9.17, 15) is 14.4 Å². The van der Waals surface area contributed by atoms with E-state index in [1.54, 1.807) is 0 Å². The molecule has 0 heterocycles. The summed E-state index contributed by atoms with van der Waals surface area (Å²) < 4.78 is 8.55. The number of rotatable bonds is 5. The van der Waals surface area contributed by atoms with E-state index in [0.29, 0.717) is 0 Å². The molecule has 0 aliphatic carbocycles. The van der Waals surface area contributed by atoms with Crippen molar-refractivity contribution < 1.29 is 119 Å². The topological polar surface area (TPSA) is 368 Å². The van der Waals surface area contributed by atoms with Crippen molar-refractivity contribution in [3.8, 4) is 0 Å². The molecule has 0 aromatic rings. The minimum absolute atomic E-state index is 0. The van der Waals surface area contributed by atoms with Crippen LogP contribution in [-0.2, 0) is 24.4 Å². The zero-order valence-electron chi connectivity index (χ0n) is 15.6. The van der Waals surface area contributed by atoms with E-state index in [2.05, 4.69) is 0 Å². The summed E-state index contributed by atoms with van der Waals surface area (Å²) in [6, 6.07) is 0. The Morgan fingerprint density at radius 1 is 0.774 bits per heavy atom. The second-order valence-electron chi connectivity index (χ2n) is 3.46. The standard InChI is InChI=1S/C6H8O7.2CH2O3.Ca.2Mg.Na.H3O4P.O/c7-3(8)1-6(13,5(11)12)2-4(9)10;2*2-1(3)4;;;;;1-5(2,3)4;/h13H,1-2H2,(H,7,8)(H,9,10)(H,11,12);2*(H2,2,3,4);;;;;(H3,1,2,3,4);/q;;;3*+2;+1;;-2/p-5. The van der Waals surface area contributed by atoms with Crippen LogP contribution in [0.15, 0.2) is 0 Å². The fourth-order valence-electron chi connectivity index (χ4n) is 0.714. The molecule has 0 radical (unpaired) electrons. The van der Waals surface area contributed by atoms with Gasteiger partial charge < -0.3 is 70.4 Å². The molecule has 0 unspecified atom stereocenters. The first-order chi connectivity index (χ1) is 11.2. The van der Waals surface area contributed by atoms with Crippen LogP contribution in [0.3, 0.4) is 0 Å². The normalized spacial score (nSPS) is 8.00. The van der Waals surface area contributed by atoms with Crippen LogP contribution in [0.25, 0.3) is 0 Å². The van der Waals surface area contributed by atoms with Gasteiger partial charge >= 0.3 is 137 Å². The number of hydrogen-bond acceptors (Lipinski definition) is 12. The largest absolute Gasteiger partial charge is 2.00 e. The maximum Gasteiger partial charge on any atom is 2.00 e. The second-order valence-corrected chi connectivity index (χ2v) is 4.35. The number of carbonyl (C=O) groups excluding carboxylic acids is 1. The van der Waals surface area contributed by atoms with Crippen LogP contribution in [0, 0.1) is 0 Å². The average Bonchev–Trinajstić information content (AvgIpc) is 2.21. The molecule has 18 nitrogen and oxygen atoms in total. The van der Waals surface area contributed by atoms with Gasteiger partial charge in [0.05, 0.1) is 12.8 Å². The fraction of sp³-hybridized carbons (Fsp3) is 0.375. The van der Waals surface area contributed by atoms with Crippen molar-refractivity contribution in [1.29, 1.82) is 0 Å². The van der Waals surface area contributed by atoms with E-state index >= 15 is 0 Å². The van der Waals surface area contributed by atoms with Gasteiger partial charge in [-0.2, -0.15) is 7.82 Å². The zero-order valence-corrected chi connectivity index (χ0v) is 23.5. The van der Waals surface area contributed by atoms with Crippen LogP contribution in [0.2, 0.25) is 0 Å². The summed E-state index contributed by atoms with van der Waals surface area (Å²) in [5.74, 6) is -5.02. The molecule has 0 bridgehead atoms. The van der Waals surface area contributed by atoms with E-state index < -0.39 is 56.5 Å². The average molecular weight is 537 g/mol. The Balaban J connectivity index is -0.0000000328. The van der Waals surface area contributed by atoms with Crippen LogP contribution >= 0.6 is 7.82 Å². The van der Waals surface area contributed by atoms with Gasteiger partial charge in [0.25, 0.3) is 0 Å². The summed E-state index contributed by atoms with van der Waals surface area (Å²) in [6.45, 7) is 0. The third kappa shape index (κ3) is 90.6. The predicted octanol–water partition coefficient (Wildman–Crippen LogP) is -10.6. The molecule has 0 rings (SSSR count). The molecule has 23 heteroatoms. The molecular weight excluding hydrogens is 527 g/mol. The van der Waals surface area contributed by atoms with Gasteiger partial charge in [-0.25, -0.2) is 9.59 Å². The van der Waals surface area contributed by atoms with Gasteiger partial charge in [0.15, 0.2) is 5.60 Å². The van der Waals surface area contributed by atoms with Crippen LogP contribution < -0.4 is 54.5 Å². The van der Waals surface area contributed by atoms with Gasteiger partial charge in [-0.05, 0) is 6.16 Å². The minimum atomic E-state index is -5.39. The molecule has 0 aromatic heterocycles. The van der Waals surface area contributed by atoms with Crippen molar-refractivity contribution in [3.05, 3.63) is 0 Å². The number of aliphatic hydroxyl groups is 1. The number of carbonyl (C=O) groups is 5. The first-order valence-electron chi connectivity index (χ1n) is 5.17. The van der Waals surface area contributed by atoms with E-state index in [0.717, 1.165) is 0 Å². The smallest absolute Gasteiger partial charge is 2.00 e. The van der Waals surface area contributed by atoms with Crippen molar-refractivity contribution in [3.63, 3.8) is 0 Å². The number of phosphoric acid groups is 1. The van der Waals surface area contributed by atoms with Crippen LogP contribution in [-0.4, -0.2) is 150 Å². The molecule has 31 heavy (non-hydrogen) atoms. The van der Waals surface area contributed by atoms with Gasteiger partial charge in [0.1, 0.15) is 0 Å². The van der Waals surface area contributed by atoms with Crippen molar-refractivity contribution in [2.24, 2.45) is 0 Å². The monoisotopic (exact) mass is 536 g/mol. The van der Waals surface area contributed by atoms with Crippen LogP contribution in [0.1, 0.15) is 12.8 Å². The summed E-state index contributed by atoms with van der Waals surface area (Å²) in [7, 11) is -5.39. The first kappa shape index (κ1) is 58.0. The molecule has 0 saturated carbocycles. The van der Waals surface area contributed by atoms with Gasteiger partial charge in [-0.3, -0.25) is 9.59 Å². The third-order valence-electron chi connectivity index (χ3n) is 1.29. The summed E-state index contributed by atoms with van der Waals surface area (Å²) >= 11 is 0. The summed E-state index contributed by atoms with van der Waals surface area (Å²) in [5.41, 5.74) is -2.74. The van der Waals surface area contributed by atoms with Gasteiger partial charge in [-0.1, -0.05) is 0 Å². The molecule has 0 aromatic carbocycles. The number of carboxylic acid groups (broad SMARTS) is 7. The summed E-state index contributed by atoms with van der Waals surface area (Å²) in [6.07, 6.45) is -6.46. The molecular formula is C8H10CaMg2NaO18P. The summed E-state index contributed by atoms with van der Waals surface area (Å²) in [4.78, 5) is 73.0. The fourth-order valence-corrected chi connectivity index (χ4v) is 0.714. The Labute approximate surface area is 256 Å². The molecule has 0 aliphatic rings. The predicted molar refractivity (Wildman–Crippen MR) is 78.7 cm³/mol. The Bertz CT molecular complexity index is 510. The van der Waals surface area contributed by atoms with Crippen molar-refractivity contribution in [2.45, 2.75) is 18.4 Å². The van der Waals surface area contributed by atoms with Crippen LogP contribution in [0.4, 0.5) is 9.59 Å². The van der Waals surface area contributed by atoms with Gasteiger partial charge in [0.2, 0.25) is 0 Å². The Morgan fingerprint density at radius 3 is 0.968 bits per heavy atom. The van der Waals surface area contributed by atoms with Crippen LogP contribution in [0.5, 0.6) is 0 Å². The molecule has 0 spiro atoms. The third-order valence-corrected chi connectivity index (χ3v) is 1.29. The minimum Gasteiger partial charge on any atom is -2.00 e. The van der Waals surface area contributed by atoms with E-state index in [4.69, 9.17) is 69.7 Å². The van der Waals surface area contributed by atoms with Crippen molar-refractivity contribution in [2.75, 3.05) is 0 Å². The maximum atomic E-state index is 10.3. The van der Waals surface area contributed by atoms with Gasteiger partial charge in [-0.15, -0.1) is 0 Å². The molecule has 0 saturated heterocycles. The Kier molecular flexibility index (Phi) is 57.6. The number of aliphatic carboxylic acids is 3. The molecule has 0 amide bonds.